The quantitative estimate of drug-likeness (QED) is 0.748. The Morgan fingerprint density at radius 2 is 1.80 bits per heavy atom. The molecule has 2 rings (SSSR count). The molecule has 0 heterocycles. The highest BCUT2D eigenvalue weighted by atomic mass is 32.2. The minimum atomic E-state index is -3.58. The standard InChI is InChI=1S/C17H26N2O5S/c1-23-15-8-7-14(11-16(15)24-2)25(21,22)10-9-17(20)19-13-5-3-12(18)4-6-13/h7-8,11-13H,3-6,9-10,18H2,1-2H3,(H,19,20). The van der Waals surface area contributed by atoms with Crippen molar-refractivity contribution in [1.82, 2.24) is 5.32 Å². The summed E-state index contributed by atoms with van der Waals surface area (Å²) in [5.41, 5.74) is 5.84. The van der Waals surface area contributed by atoms with Crippen LogP contribution in [0.25, 0.3) is 0 Å². The number of sulfone groups is 1. The van der Waals surface area contributed by atoms with Crippen LogP contribution in [0.4, 0.5) is 0 Å². The third-order valence-corrected chi connectivity index (χ3v) is 6.16. The average Bonchev–Trinajstić information content (AvgIpc) is 2.61. The van der Waals surface area contributed by atoms with Gasteiger partial charge < -0.3 is 20.5 Å². The van der Waals surface area contributed by atoms with Crippen LogP contribution in [0.1, 0.15) is 32.1 Å². The second-order valence-electron chi connectivity index (χ2n) is 6.26. The maximum atomic E-state index is 12.4. The number of ether oxygens (including phenoxy) is 2. The predicted octanol–water partition coefficient (Wildman–Crippen LogP) is 1.25. The van der Waals surface area contributed by atoms with Crippen molar-refractivity contribution >= 4 is 15.7 Å². The summed E-state index contributed by atoms with van der Waals surface area (Å²) in [5, 5.41) is 2.90. The summed E-state index contributed by atoms with van der Waals surface area (Å²) in [5.74, 6) is 0.298. The second kappa shape index (κ2) is 8.53. The van der Waals surface area contributed by atoms with Crippen molar-refractivity contribution in [2.24, 2.45) is 5.73 Å². The van der Waals surface area contributed by atoms with E-state index in [9.17, 15) is 13.2 Å². The van der Waals surface area contributed by atoms with Crippen LogP contribution in [-0.2, 0) is 14.6 Å². The van der Waals surface area contributed by atoms with Crippen LogP contribution in [-0.4, -0.2) is 46.4 Å². The van der Waals surface area contributed by atoms with Crippen LogP contribution in [0.2, 0.25) is 0 Å². The molecule has 0 saturated heterocycles. The topological polar surface area (TPSA) is 108 Å². The number of carbonyl (C=O) groups is 1. The van der Waals surface area contributed by atoms with E-state index in [1.165, 1.54) is 32.4 Å². The van der Waals surface area contributed by atoms with Crippen molar-refractivity contribution in [1.29, 1.82) is 0 Å². The number of hydrogen-bond donors (Lipinski definition) is 2. The molecule has 7 nitrogen and oxygen atoms in total. The molecule has 1 aliphatic carbocycles. The van der Waals surface area contributed by atoms with Crippen molar-refractivity contribution in [3.63, 3.8) is 0 Å². The summed E-state index contributed by atoms with van der Waals surface area (Å²) in [7, 11) is -0.656. The fourth-order valence-corrected chi connectivity index (χ4v) is 4.17. The van der Waals surface area contributed by atoms with Crippen molar-refractivity contribution < 1.29 is 22.7 Å². The molecule has 1 aromatic carbocycles. The maximum Gasteiger partial charge on any atom is 0.221 e. The van der Waals surface area contributed by atoms with E-state index in [1.54, 1.807) is 0 Å². The third kappa shape index (κ3) is 5.34. The lowest BCUT2D eigenvalue weighted by Gasteiger charge is -2.26. The lowest BCUT2D eigenvalue weighted by Crippen LogP contribution is -2.40. The Kier molecular flexibility index (Phi) is 6.66. The largest absolute Gasteiger partial charge is 0.493 e. The summed E-state index contributed by atoms with van der Waals surface area (Å²) in [4.78, 5) is 12.2. The van der Waals surface area contributed by atoms with Gasteiger partial charge in [-0.05, 0) is 37.8 Å². The first-order valence-electron chi connectivity index (χ1n) is 8.35. The second-order valence-corrected chi connectivity index (χ2v) is 8.37. The first-order valence-corrected chi connectivity index (χ1v) is 10.0. The number of benzene rings is 1. The summed E-state index contributed by atoms with van der Waals surface area (Å²) < 4.78 is 35.1. The minimum Gasteiger partial charge on any atom is -0.493 e. The molecule has 1 aromatic rings. The molecule has 1 aliphatic rings. The van der Waals surface area contributed by atoms with Crippen molar-refractivity contribution in [2.75, 3.05) is 20.0 Å². The van der Waals surface area contributed by atoms with Crippen LogP contribution >= 0.6 is 0 Å². The highest BCUT2D eigenvalue weighted by Gasteiger charge is 2.22. The Bertz CT molecular complexity index is 697. The fraction of sp³-hybridized carbons (Fsp3) is 0.588. The molecule has 140 valence electrons. The monoisotopic (exact) mass is 370 g/mol. The van der Waals surface area contributed by atoms with E-state index in [0.717, 1.165) is 25.7 Å². The molecule has 0 unspecified atom stereocenters. The molecule has 3 N–H and O–H groups in total. The van der Waals surface area contributed by atoms with E-state index in [2.05, 4.69) is 5.32 Å². The molecule has 1 fully saturated rings. The lowest BCUT2D eigenvalue weighted by molar-refractivity contribution is -0.121. The van der Waals surface area contributed by atoms with Crippen LogP contribution in [0.15, 0.2) is 23.1 Å². The van der Waals surface area contributed by atoms with Gasteiger partial charge in [0.1, 0.15) is 0 Å². The Balaban J connectivity index is 1.93. The number of hydrogen-bond acceptors (Lipinski definition) is 6. The van der Waals surface area contributed by atoms with Gasteiger partial charge in [0.25, 0.3) is 0 Å². The molecule has 0 bridgehead atoms. The van der Waals surface area contributed by atoms with Gasteiger partial charge in [-0.3, -0.25) is 4.79 Å². The van der Waals surface area contributed by atoms with Crippen molar-refractivity contribution in [3.8, 4) is 11.5 Å². The van der Waals surface area contributed by atoms with E-state index in [0.29, 0.717) is 11.5 Å². The molecule has 1 amide bonds. The zero-order valence-corrected chi connectivity index (χ0v) is 15.5. The molecule has 0 radical (unpaired) electrons. The van der Waals surface area contributed by atoms with Crippen molar-refractivity contribution in [2.45, 2.75) is 49.1 Å². The zero-order chi connectivity index (χ0) is 18.4. The number of methoxy groups -OCH3 is 2. The van der Waals surface area contributed by atoms with Gasteiger partial charge in [0.05, 0.1) is 24.9 Å². The zero-order valence-electron chi connectivity index (χ0n) is 14.7. The van der Waals surface area contributed by atoms with E-state index in [4.69, 9.17) is 15.2 Å². The number of rotatable bonds is 7. The van der Waals surface area contributed by atoms with E-state index in [-0.39, 0.29) is 35.1 Å². The molecule has 1 saturated carbocycles. The van der Waals surface area contributed by atoms with E-state index >= 15 is 0 Å². The van der Waals surface area contributed by atoms with Crippen LogP contribution in [0, 0.1) is 0 Å². The molecule has 25 heavy (non-hydrogen) atoms. The van der Waals surface area contributed by atoms with Gasteiger partial charge in [0.15, 0.2) is 21.3 Å². The smallest absolute Gasteiger partial charge is 0.221 e. The Morgan fingerprint density at radius 1 is 1.16 bits per heavy atom. The first-order chi connectivity index (χ1) is 11.9. The highest BCUT2D eigenvalue weighted by Crippen LogP contribution is 2.30. The third-order valence-electron chi connectivity index (χ3n) is 4.45. The van der Waals surface area contributed by atoms with Gasteiger partial charge in [-0.2, -0.15) is 0 Å². The van der Waals surface area contributed by atoms with Gasteiger partial charge in [0, 0.05) is 24.6 Å². The van der Waals surface area contributed by atoms with Gasteiger partial charge in [-0.1, -0.05) is 0 Å². The molecule has 8 heteroatoms. The van der Waals surface area contributed by atoms with Crippen LogP contribution < -0.4 is 20.5 Å². The molecular weight excluding hydrogens is 344 g/mol. The highest BCUT2D eigenvalue weighted by molar-refractivity contribution is 7.91. The lowest BCUT2D eigenvalue weighted by atomic mass is 9.92. The number of nitrogens with two attached hydrogens (primary N) is 1. The summed E-state index contributed by atoms with van der Waals surface area (Å²) >= 11 is 0. The summed E-state index contributed by atoms with van der Waals surface area (Å²) in [6, 6.07) is 4.71. The summed E-state index contributed by atoms with van der Waals surface area (Å²) in [6.07, 6.45) is 3.38. The van der Waals surface area contributed by atoms with E-state index in [1.807, 2.05) is 0 Å². The molecule has 0 atom stereocenters. The van der Waals surface area contributed by atoms with Crippen LogP contribution in [0.5, 0.6) is 11.5 Å². The van der Waals surface area contributed by atoms with Gasteiger partial charge >= 0.3 is 0 Å². The predicted molar refractivity (Wildman–Crippen MR) is 94.6 cm³/mol. The van der Waals surface area contributed by atoms with E-state index < -0.39 is 9.84 Å². The Morgan fingerprint density at radius 3 is 2.40 bits per heavy atom. The van der Waals surface area contributed by atoms with Gasteiger partial charge in [-0.25, -0.2) is 8.42 Å². The minimum absolute atomic E-state index is 0.0702. The molecular formula is C17H26N2O5S. The average molecular weight is 370 g/mol. The first kappa shape index (κ1) is 19.5. The maximum absolute atomic E-state index is 12.4. The number of amides is 1. The molecule has 0 aromatic heterocycles. The molecule has 0 spiro atoms. The Hall–Kier alpha value is -1.80. The number of carbonyl (C=O) groups excluding carboxylic acids is 1. The van der Waals surface area contributed by atoms with Gasteiger partial charge in [-0.15, -0.1) is 0 Å². The SMILES string of the molecule is COc1ccc(S(=O)(=O)CCC(=O)NC2CCC(N)CC2)cc1OC. The van der Waals surface area contributed by atoms with Crippen LogP contribution in [0.3, 0.4) is 0 Å². The molecule has 0 aliphatic heterocycles. The summed E-state index contributed by atoms with van der Waals surface area (Å²) in [6.45, 7) is 0. The Labute approximate surface area is 148 Å². The number of nitrogens with one attached hydrogen (secondary N) is 1. The fourth-order valence-electron chi connectivity index (χ4n) is 2.92. The normalized spacial score (nSPS) is 20.8. The van der Waals surface area contributed by atoms with Crippen molar-refractivity contribution in [3.05, 3.63) is 18.2 Å². The van der Waals surface area contributed by atoms with Gasteiger partial charge in [0.2, 0.25) is 5.91 Å².